The van der Waals surface area contributed by atoms with Crippen LogP contribution in [-0.4, -0.2) is 144 Å². The second-order valence-corrected chi connectivity index (χ2v) is 35.2. The maximum absolute atomic E-state index is 13.5. The standard InChI is InChI=1S/C49H64O8.C33H52O8/c1-29-19-24-49(53-27-29)32(4)42-40(57-49)26-39-37-18-17-35-25-36(20-22-47(35,5)38(37)21-23-48(39,42)6)54-46-43(56-45(51)34-15-11-8-12-16-34)31(3)30(2)41(55-46)28-52-44(50)33-13-9-7-10-14-33;1-17-7-12-33(38-16-17)18(2)26-24(41-33)14-23-21-6-5-19-13-20(8-10-31(19,3)22(21)9-11-32(23,26)4)39-30-29(37)28(36)27(35)25(15-34)40-30/h7-17,29-32,36-43,46H,18-28H2,1-6H3;5,17-18,20-30,34-37H,6-16H2,1-4H3/t29-,30+,31+,32+,36+,37-,38+,39+,40+,41?,42+,43?,46-,47+,48+,49-;17-,18+,20+,21-,22+,23+,24+,25?,26+,27-,28+,29?,30-,31+,32+,33-/m11/s1. The highest BCUT2D eigenvalue weighted by atomic mass is 16.7. The van der Waals surface area contributed by atoms with E-state index in [1.54, 1.807) is 24.3 Å². The van der Waals surface area contributed by atoms with Crippen LogP contribution in [0.15, 0.2) is 84.0 Å². The first-order valence-corrected chi connectivity index (χ1v) is 38.7. The fourth-order valence-electron chi connectivity index (χ4n) is 24.4. The lowest BCUT2D eigenvalue weighted by Crippen LogP contribution is -2.60. The Morgan fingerprint density at radius 1 is 0.531 bits per heavy atom. The molecule has 0 amide bonds. The highest BCUT2D eigenvalue weighted by Crippen LogP contribution is 2.73. The van der Waals surface area contributed by atoms with E-state index >= 15 is 0 Å². The number of hydrogen-bond acceptors (Lipinski definition) is 16. The molecule has 0 bridgehead atoms. The zero-order valence-corrected chi connectivity index (χ0v) is 60.2. The highest BCUT2D eigenvalue weighted by Gasteiger charge is 2.71. The van der Waals surface area contributed by atoms with Crippen LogP contribution in [0.25, 0.3) is 0 Å². The van der Waals surface area contributed by atoms with Gasteiger partial charge in [-0.25, -0.2) is 9.59 Å². The zero-order chi connectivity index (χ0) is 68.6. The van der Waals surface area contributed by atoms with Crippen LogP contribution < -0.4 is 0 Å². The van der Waals surface area contributed by atoms with E-state index in [1.807, 2.05) is 36.4 Å². The van der Waals surface area contributed by atoms with E-state index in [0.29, 0.717) is 99.8 Å². The predicted molar refractivity (Wildman–Crippen MR) is 366 cm³/mol. The van der Waals surface area contributed by atoms with Crippen LogP contribution in [0.3, 0.4) is 0 Å². The van der Waals surface area contributed by atoms with Gasteiger partial charge in [0.25, 0.3) is 0 Å². The molecule has 2 spiro atoms. The number of carbonyl (C=O) groups is 2. The molecule has 540 valence electrons. The molecular formula is C82H116O16. The lowest BCUT2D eigenvalue weighted by molar-refractivity contribution is -0.313. The van der Waals surface area contributed by atoms with E-state index in [-0.39, 0.29) is 70.4 Å². The number of benzene rings is 2. The van der Waals surface area contributed by atoms with Gasteiger partial charge in [-0.15, -0.1) is 0 Å². The molecule has 12 fully saturated rings. The molecule has 2 aromatic carbocycles. The topological polar surface area (TPSA) is 207 Å². The Kier molecular flexibility index (Phi) is 19.2. The van der Waals surface area contributed by atoms with Crippen LogP contribution in [0, 0.1) is 105 Å². The summed E-state index contributed by atoms with van der Waals surface area (Å²) in [5.41, 5.74) is 4.86. The van der Waals surface area contributed by atoms with Crippen LogP contribution in [0.2, 0.25) is 0 Å². The molecular weight excluding hydrogens is 1240 g/mol. The van der Waals surface area contributed by atoms with Crippen molar-refractivity contribution in [3.8, 4) is 0 Å². The van der Waals surface area contributed by atoms with Crippen molar-refractivity contribution in [2.24, 2.45) is 105 Å². The van der Waals surface area contributed by atoms with Crippen LogP contribution in [-0.2, 0) is 47.4 Å². The molecule has 16 nitrogen and oxygen atoms in total. The van der Waals surface area contributed by atoms with Crippen LogP contribution in [0.4, 0.5) is 0 Å². The minimum atomic E-state index is -1.41. The van der Waals surface area contributed by atoms with E-state index in [1.165, 1.54) is 56.1 Å². The van der Waals surface area contributed by atoms with Gasteiger partial charge >= 0.3 is 11.9 Å². The summed E-state index contributed by atoms with van der Waals surface area (Å²) >= 11 is 0. The first-order chi connectivity index (χ1) is 46.9. The number of rotatable bonds is 10. The maximum Gasteiger partial charge on any atom is 0.338 e. The Labute approximate surface area is 582 Å². The fraction of sp³-hybridized carbons (Fsp3) is 0.780. The van der Waals surface area contributed by atoms with Crippen molar-refractivity contribution in [2.75, 3.05) is 26.4 Å². The molecule has 16 heteroatoms. The van der Waals surface area contributed by atoms with Crippen LogP contribution in [0.5, 0.6) is 0 Å². The lowest BCUT2D eigenvalue weighted by atomic mass is 9.47. The van der Waals surface area contributed by atoms with E-state index in [9.17, 15) is 30.0 Å². The van der Waals surface area contributed by atoms with E-state index in [4.69, 9.17) is 47.4 Å². The van der Waals surface area contributed by atoms with Gasteiger partial charge < -0.3 is 67.8 Å². The molecule has 0 aromatic heterocycles. The summed E-state index contributed by atoms with van der Waals surface area (Å²) in [6, 6.07) is 18.1. The van der Waals surface area contributed by atoms with Crippen molar-refractivity contribution in [1.82, 2.24) is 0 Å². The molecule has 32 atom stereocenters. The number of allylic oxidation sites excluding steroid dienone is 2. The van der Waals surface area contributed by atoms with Gasteiger partial charge in [0.2, 0.25) is 0 Å². The molecule has 4 N–H and O–H groups in total. The fourth-order valence-corrected chi connectivity index (χ4v) is 24.4. The second kappa shape index (κ2) is 26.8. The van der Waals surface area contributed by atoms with Gasteiger partial charge in [-0.2, -0.15) is 0 Å². The van der Waals surface area contributed by atoms with Gasteiger partial charge in [0.15, 0.2) is 30.3 Å². The number of esters is 2. The van der Waals surface area contributed by atoms with E-state index < -0.39 is 55.8 Å². The average molecular weight is 1360 g/mol. The number of aliphatic hydroxyl groups excluding tert-OH is 4. The monoisotopic (exact) mass is 1360 g/mol. The van der Waals surface area contributed by atoms with Gasteiger partial charge in [0.05, 0.1) is 61.5 Å². The van der Waals surface area contributed by atoms with Gasteiger partial charge in [0.1, 0.15) is 31.0 Å². The molecule has 16 rings (SSSR count). The third-order valence-electron chi connectivity index (χ3n) is 30.3. The van der Waals surface area contributed by atoms with Crippen molar-refractivity contribution < 1.29 is 77.4 Å². The van der Waals surface area contributed by atoms with Crippen molar-refractivity contribution in [2.45, 2.75) is 270 Å². The highest BCUT2D eigenvalue weighted by molar-refractivity contribution is 5.90. The van der Waals surface area contributed by atoms with Gasteiger partial charge in [-0.3, -0.25) is 0 Å². The Balaban J connectivity index is 0.000000169. The first-order valence-electron chi connectivity index (χ1n) is 38.7. The molecule has 0 radical (unpaired) electrons. The first kappa shape index (κ1) is 70.1. The van der Waals surface area contributed by atoms with Crippen molar-refractivity contribution in [1.29, 1.82) is 0 Å². The average Bonchev–Trinajstić information content (AvgIpc) is 1.51. The zero-order valence-electron chi connectivity index (χ0n) is 60.2. The Morgan fingerprint density at radius 3 is 1.49 bits per heavy atom. The minimum absolute atomic E-state index is 0.0560. The summed E-state index contributed by atoms with van der Waals surface area (Å²) in [5, 5.41) is 40.4. The summed E-state index contributed by atoms with van der Waals surface area (Å²) in [4.78, 5) is 26.4. The lowest BCUT2D eigenvalue weighted by Gasteiger charge is -2.58. The molecule has 2 aromatic rings. The Bertz CT molecular complexity index is 3230. The normalized spacial score (nSPS) is 50.5. The molecule has 14 aliphatic rings. The number of fused-ring (bicyclic) bond motifs is 14. The molecule has 8 aliphatic carbocycles. The SMILES string of the molecule is C[C@@H]1CC[C@@]2(OC1)O[C@H]1C[C@H]3[C@@H]4CC=C5C[C@@H](O[C@@H]6OC(CO)[C@@H](O)[C@H](O)C6O)CC[C@]5(C)[C@H]4CC[C@]3(C)[C@H]1[C@@H]2C.C[C@@H]1CC[C@@]2(OC1)O[C@H]1C[C@H]3[C@@H]4CC=C5C[C@@H](O[C@@H]6OC(COC(=O)c7ccccc7)[C@@H](C)[C@H](C)C6OC(=O)c6ccccc6)CC[C@]5(C)[C@H]4CC[C@]3(C)[C@H]1[C@@H]2C. The van der Waals surface area contributed by atoms with Crippen LogP contribution in [0.1, 0.15) is 206 Å². The molecule has 6 saturated heterocycles. The van der Waals surface area contributed by atoms with Gasteiger partial charge in [-0.05, 0) is 214 Å². The molecule has 4 unspecified atom stereocenters. The van der Waals surface area contributed by atoms with Crippen molar-refractivity contribution in [3.05, 3.63) is 95.1 Å². The Hall–Kier alpha value is -3.62. The number of aliphatic hydroxyl groups is 4. The summed E-state index contributed by atoms with van der Waals surface area (Å²) < 4.78 is 64.6. The number of hydrogen-bond donors (Lipinski definition) is 4. The molecule has 6 saturated carbocycles. The third kappa shape index (κ3) is 11.8. The summed E-state index contributed by atoms with van der Waals surface area (Å²) in [5.74, 6) is 5.58. The number of ether oxygens (including phenoxy) is 10. The number of carbonyl (C=O) groups excluding carboxylic acids is 2. The molecule has 6 aliphatic heterocycles. The quantitative estimate of drug-likeness (QED) is 0.129. The van der Waals surface area contributed by atoms with E-state index in [2.05, 4.69) is 81.4 Å². The largest absolute Gasteiger partial charge is 0.459 e. The maximum atomic E-state index is 13.5. The van der Waals surface area contributed by atoms with Crippen molar-refractivity contribution >= 4 is 11.9 Å². The molecule has 6 heterocycles. The summed E-state index contributed by atoms with van der Waals surface area (Å²) in [6.45, 7) is 25.1. The predicted octanol–water partition coefficient (Wildman–Crippen LogP) is 13.4. The van der Waals surface area contributed by atoms with Crippen LogP contribution >= 0.6 is 0 Å². The third-order valence-corrected chi connectivity index (χ3v) is 30.3. The van der Waals surface area contributed by atoms with E-state index in [0.717, 1.165) is 83.8 Å². The Morgan fingerprint density at radius 2 is 1.01 bits per heavy atom. The van der Waals surface area contributed by atoms with Gasteiger partial charge in [0, 0.05) is 30.6 Å². The minimum Gasteiger partial charge on any atom is -0.459 e. The second-order valence-electron chi connectivity index (χ2n) is 35.2. The van der Waals surface area contributed by atoms with Crippen molar-refractivity contribution in [3.63, 3.8) is 0 Å². The van der Waals surface area contributed by atoms with Gasteiger partial charge in [-0.1, -0.05) is 129 Å². The summed E-state index contributed by atoms with van der Waals surface area (Å²) in [7, 11) is 0. The smallest absolute Gasteiger partial charge is 0.338 e. The molecule has 98 heavy (non-hydrogen) atoms. The summed E-state index contributed by atoms with van der Waals surface area (Å²) in [6.07, 6.45) is 17.1.